The van der Waals surface area contributed by atoms with E-state index in [1.54, 1.807) is 0 Å². The lowest BCUT2D eigenvalue weighted by atomic mass is 10.2. The first kappa shape index (κ1) is 9.74. The Morgan fingerprint density at radius 2 is 1.91 bits per heavy atom. The third-order valence-corrected chi connectivity index (χ3v) is 1.06. The molecule has 0 amide bonds. The molecule has 62 valence electrons. The molecule has 5 heteroatoms. The van der Waals surface area contributed by atoms with Gasteiger partial charge in [-0.25, -0.2) is 0 Å². The number of ketones is 2. The molecule has 0 aromatic carbocycles. The number of carbonyl (C=O) groups is 2. The molecular formula is C6H9NO4. The molecule has 0 N–H and O–H groups in total. The van der Waals surface area contributed by atoms with Crippen LogP contribution in [0.2, 0.25) is 0 Å². The Labute approximate surface area is 63.5 Å². The summed E-state index contributed by atoms with van der Waals surface area (Å²) < 4.78 is 0. The molecule has 0 atom stereocenters. The van der Waals surface area contributed by atoms with E-state index in [1.165, 1.54) is 6.92 Å². The summed E-state index contributed by atoms with van der Waals surface area (Å²) in [6.45, 7) is 0.673. The number of carbonyl (C=O) groups excluding carboxylic acids is 2. The summed E-state index contributed by atoms with van der Waals surface area (Å²) in [5.74, 6) is -0.619. The SMILES string of the molecule is CC(=O)CCC(=O)C[N+](=O)[O-]. The van der Waals surface area contributed by atoms with Gasteiger partial charge in [-0.3, -0.25) is 14.9 Å². The van der Waals surface area contributed by atoms with Crippen LogP contribution >= 0.6 is 0 Å². The fourth-order valence-electron chi connectivity index (χ4n) is 0.538. The van der Waals surface area contributed by atoms with Crippen molar-refractivity contribution in [3.8, 4) is 0 Å². The molecule has 0 aromatic rings. The Balaban J connectivity index is 3.53. The molecule has 5 nitrogen and oxygen atoms in total. The van der Waals surface area contributed by atoms with Crippen molar-refractivity contribution in [2.75, 3.05) is 6.54 Å². The highest BCUT2D eigenvalue weighted by Gasteiger charge is 2.09. The van der Waals surface area contributed by atoms with Crippen molar-refractivity contribution < 1.29 is 14.5 Å². The molecule has 0 saturated carbocycles. The molecule has 0 aliphatic heterocycles. The largest absolute Gasteiger partial charge is 0.300 e. The highest BCUT2D eigenvalue weighted by molar-refractivity contribution is 5.85. The third-order valence-electron chi connectivity index (χ3n) is 1.06. The van der Waals surface area contributed by atoms with Gasteiger partial charge in [0.1, 0.15) is 5.78 Å². The van der Waals surface area contributed by atoms with Crippen LogP contribution in [0.4, 0.5) is 0 Å². The van der Waals surface area contributed by atoms with Gasteiger partial charge in [-0.2, -0.15) is 0 Å². The van der Waals surface area contributed by atoms with E-state index < -0.39 is 17.3 Å². The van der Waals surface area contributed by atoms with Crippen molar-refractivity contribution in [2.24, 2.45) is 0 Å². The molecule has 0 fully saturated rings. The molecule has 0 heterocycles. The predicted molar refractivity (Wildman–Crippen MR) is 36.8 cm³/mol. The molecule has 0 aromatic heterocycles. The van der Waals surface area contributed by atoms with Gasteiger partial charge in [0.25, 0.3) is 6.54 Å². The van der Waals surface area contributed by atoms with Gasteiger partial charge in [0.15, 0.2) is 0 Å². The van der Waals surface area contributed by atoms with E-state index in [1.807, 2.05) is 0 Å². The van der Waals surface area contributed by atoms with Crippen LogP contribution in [0, 0.1) is 10.1 Å². The first-order chi connectivity index (χ1) is 5.02. The van der Waals surface area contributed by atoms with Crippen LogP contribution in [0.15, 0.2) is 0 Å². The minimum atomic E-state index is -0.692. The first-order valence-electron chi connectivity index (χ1n) is 3.15. The lowest BCUT2D eigenvalue weighted by Crippen LogP contribution is -2.14. The van der Waals surface area contributed by atoms with Crippen LogP contribution in [0.5, 0.6) is 0 Å². The van der Waals surface area contributed by atoms with Gasteiger partial charge in [0.2, 0.25) is 5.78 Å². The van der Waals surface area contributed by atoms with Crippen LogP contribution in [0.1, 0.15) is 19.8 Å². The molecule has 11 heavy (non-hydrogen) atoms. The van der Waals surface area contributed by atoms with Crippen LogP contribution in [0.25, 0.3) is 0 Å². The quantitative estimate of drug-likeness (QED) is 0.424. The van der Waals surface area contributed by atoms with Crippen LogP contribution in [0.3, 0.4) is 0 Å². The molecule has 0 spiro atoms. The van der Waals surface area contributed by atoms with Crippen molar-refractivity contribution in [2.45, 2.75) is 19.8 Å². The van der Waals surface area contributed by atoms with E-state index in [4.69, 9.17) is 0 Å². The van der Waals surface area contributed by atoms with Gasteiger partial charge < -0.3 is 4.79 Å². The zero-order valence-corrected chi connectivity index (χ0v) is 6.20. The zero-order valence-electron chi connectivity index (χ0n) is 6.20. The number of nitrogens with zero attached hydrogens (tertiary/aromatic N) is 1. The smallest absolute Gasteiger partial charge is 0.261 e. The highest BCUT2D eigenvalue weighted by atomic mass is 16.6. The Bertz CT molecular complexity index is 187. The van der Waals surface area contributed by atoms with Crippen LogP contribution in [-0.2, 0) is 9.59 Å². The van der Waals surface area contributed by atoms with Crippen molar-refractivity contribution in [1.82, 2.24) is 0 Å². The molecule has 0 aliphatic rings. The Morgan fingerprint density at radius 3 is 2.27 bits per heavy atom. The van der Waals surface area contributed by atoms with Crippen molar-refractivity contribution in [1.29, 1.82) is 0 Å². The second-order valence-corrected chi connectivity index (χ2v) is 2.23. The molecule has 0 unspecified atom stereocenters. The van der Waals surface area contributed by atoms with Gasteiger partial charge in [-0.05, 0) is 6.92 Å². The van der Waals surface area contributed by atoms with Crippen LogP contribution < -0.4 is 0 Å². The summed E-state index contributed by atoms with van der Waals surface area (Å²) in [6, 6.07) is 0. The number of Topliss-reactive ketones (excluding diaryl/α,β-unsaturated/α-hetero) is 2. The number of hydrogen-bond acceptors (Lipinski definition) is 4. The maximum Gasteiger partial charge on any atom is 0.261 e. The van der Waals surface area contributed by atoms with Gasteiger partial charge in [0, 0.05) is 17.8 Å². The highest BCUT2D eigenvalue weighted by Crippen LogP contribution is 1.92. The molecule has 0 radical (unpaired) electrons. The zero-order chi connectivity index (χ0) is 8.85. The number of nitro groups is 1. The van der Waals surface area contributed by atoms with Gasteiger partial charge in [0.05, 0.1) is 0 Å². The van der Waals surface area contributed by atoms with Gasteiger partial charge in [-0.15, -0.1) is 0 Å². The molecule has 0 saturated heterocycles. The minimum Gasteiger partial charge on any atom is -0.300 e. The van der Waals surface area contributed by atoms with E-state index in [9.17, 15) is 19.7 Å². The van der Waals surface area contributed by atoms with Crippen LogP contribution in [-0.4, -0.2) is 23.0 Å². The maximum atomic E-state index is 10.6. The average Bonchev–Trinajstić information content (AvgIpc) is 1.82. The molecular weight excluding hydrogens is 150 g/mol. The van der Waals surface area contributed by atoms with E-state index in [-0.39, 0.29) is 18.6 Å². The average molecular weight is 159 g/mol. The summed E-state index contributed by atoms with van der Waals surface area (Å²) in [7, 11) is 0. The maximum absolute atomic E-state index is 10.6. The summed E-state index contributed by atoms with van der Waals surface area (Å²) in [5.41, 5.74) is 0. The second-order valence-electron chi connectivity index (χ2n) is 2.23. The number of rotatable bonds is 5. The molecule has 0 aliphatic carbocycles. The van der Waals surface area contributed by atoms with E-state index >= 15 is 0 Å². The minimum absolute atomic E-state index is 0.0175. The van der Waals surface area contributed by atoms with E-state index in [2.05, 4.69) is 0 Å². The number of hydrogen-bond donors (Lipinski definition) is 0. The Hall–Kier alpha value is -1.26. The lowest BCUT2D eigenvalue weighted by molar-refractivity contribution is -0.467. The van der Waals surface area contributed by atoms with Gasteiger partial charge >= 0.3 is 0 Å². The lowest BCUT2D eigenvalue weighted by Gasteiger charge is -1.91. The molecule has 0 bridgehead atoms. The summed E-state index contributed by atoms with van der Waals surface area (Å²) in [6.07, 6.45) is 0.0863. The monoisotopic (exact) mass is 159 g/mol. The third kappa shape index (κ3) is 6.63. The Morgan fingerprint density at radius 1 is 1.36 bits per heavy atom. The van der Waals surface area contributed by atoms with E-state index in [0.717, 1.165) is 0 Å². The fourth-order valence-corrected chi connectivity index (χ4v) is 0.538. The van der Waals surface area contributed by atoms with Crippen molar-refractivity contribution >= 4 is 11.6 Å². The second kappa shape index (κ2) is 4.54. The summed E-state index contributed by atoms with van der Waals surface area (Å²) >= 11 is 0. The standard InChI is InChI=1S/C6H9NO4/c1-5(8)2-3-6(9)4-7(10)11/h2-4H2,1H3. The molecule has 0 rings (SSSR count). The Kier molecular flexibility index (Phi) is 4.02. The van der Waals surface area contributed by atoms with E-state index in [0.29, 0.717) is 0 Å². The van der Waals surface area contributed by atoms with Gasteiger partial charge in [-0.1, -0.05) is 0 Å². The summed E-state index contributed by atoms with van der Waals surface area (Å²) in [4.78, 5) is 29.9. The first-order valence-corrected chi connectivity index (χ1v) is 3.15. The topological polar surface area (TPSA) is 77.3 Å². The van der Waals surface area contributed by atoms with Crippen molar-refractivity contribution in [3.63, 3.8) is 0 Å². The van der Waals surface area contributed by atoms with Crippen molar-refractivity contribution in [3.05, 3.63) is 10.1 Å². The summed E-state index contributed by atoms with van der Waals surface area (Å²) in [5, 5.41) is 9.75. The predicted octanol–water partition coefficient (Wildman–Crippen LogP) is 0.201. The normalized spacial score (nSPS) is 9.18. The fraction of sp³-hybridized carbons (Fsp3) is 0.667.